The Labute approximate surface area is 193 Å². The van der Waals surface area contributed by atoms with E-state index < -0.39 is 0 Å². The molecular weight excluding hydrogens is 392 g/mol. The molecule has 170 valence electrons. The first-order chi connectivity index (χ1) is 15.5. The highest BCUT2D eigenvalue weighted by Gasteiger charge is 2.51. The summed E-state index contributed by atoms with van der Waals surface area (Å²) in [5.74, 6) is 2.79. The predicted molar refractivity (Wildman–Crippen MR) is 130 cm³/mol. The van der Waals surface area contributed by atoms with Crippen LogP contribution in [0.5, 0.6) is 0 Å². The summed E-state index contributed by atoms with van der Waals surface area (Å²) in [5.41, 5.74) is 3.85. The minimum Gasteiger partial charge on any atom is -0.350 e. The third kappa shape index (κ3) is 4.93. The number of amides is 1. The number of hydrogen-bond acceptors (Lipinski definition) is 2. The van der Waals surface area contributed by atoms with Gasteiger partial charge in [0.15, 0.2) is 0 Å². The molecule has 32 heavy (non-hydrogen) atoms. The molecule has 0 spiro atoms. The topological polar surface area (TPSA) is 41.1 Å². The Bertz CT molecular complexity index is 902. The molecule has 4 aliphatic carbocycles. The fourth-order valence-electron chi connectivity index (χ4n) is 7.33. The van der Waals surface area contributed by atoms with E-state index in [1.807, 2.05) is 0 Å². The van der Waals surface area contributed by atoms with Crippen LogP contribution in [0, 0.1) is 17.8 Å². The summed E-state index contributed by atoms with van der Waals surface area (Å²) in [6.07, 6.45) is 9.33. The molecule has 0 radical (unpaired) electrons. The maximum atomic E-state index is 13.0. The molecule has 2 atom stereocenters. The van der Waals surface area contributed by atoms with E-state index in [2.05, 4.69) is 79.1 Å². The molecule has 2 N–H and O–H groups in total. The summed E-state index contributed by atoms with van der Waals surface area (Å²) >= 11 is 0. The Balaban J connectivity index is 1.16. The van der Waals surface area contributed by atoms with Crippen LogP contribution in [-0.2, 0) is 17.6 Å². The van der Waals surface area contributed by atoms with Gasteiger partial charge in [-0.1, -0.05) is 54.6 Å². The molecule has 3 heteroatoms. The average Bonchev–Trinajstić information content (AvgIpc) is 2.73. The lowest BCUT2D eigenvalue weighted by Gasteiger charge is -2.56. The molecule has 0 aromatic heterocycles. The quantitative estimate of drug-likeness (QED) is 0.573. The van der Waals surface area contributed by atoms with Gasteiger partial charge in [-0.3, -0.25) is 4.79 Å². The van der Waals surface area contributed by atoms with E-state index in [4.69, 9.17) is 0 Å². The van der Waals surface area contributed by atoms with Gasteiger partial charge in [0.05, 0.1) is 6.42 Å². The van der Waals surface area contributed by atoms with Crippen LogP contribution < -0.4 is 10.6 Å². The van der Waals surface area contributed by atoms with Crippen LogP contribution in [0.25, 0.3) is 0 Å². The second-order valence-corrected chi connectivity index (χ2v) is 11.1. The van der Waals surface area contributed by atoms with Gasteiger partial charge in [0.2, 0.25) is 5.91 Å². The van der Waals surface area contributed by atoms with Crippen LogP contribution in [0.2, 0.25) is 0 Å². The number of nitrogens with one attached hydrogen (secondary N) is 2. The van der Waals surface area contributed by atoms with Crippen LogP contribution in [-0.4, -0.2) is 17.5 Å². The van der Waals surface area contributed by atoms with Crippen molar-refractivity contribution in [3.05, 3.63) is 71.3 Å². The Hall–Kier alpha value is -2.13. The first-order valence-corrected chi connectivity index (χ1v) is 12.7. The van der Waals surface area contributed by atoms with Gasteiger partial charge in [-0.15, -0.1) is 0 Å². The summed E-state index contributed by atoms with van der Waals surface area (Å²) in [4.78, 5) is 13.0. The molecule has 3 nitrogen and oxygen atoms in total. The van der Waals surface area contributed by atoms with E-state index >= 15 is 0 Å². The van der Waals surface area contributed by atoms with Gasteiger partial charge < -0.3 is 10.6 Å². The van der Waals surface area contributed by atoms with Gasteiger partial charge >= 0.3 is 0 Å². The third-order valence-corrected chi connectivity index (χ3v) is 8.17. The molecule has 4 bridgehead atoms. The van der Waals surface area contributed by atoms with E-state index in [-0.39, 0.29) is 11.4 Å². The average molecular weight is 431 g/mol. The molecular formula is C29H38N2O. The van der Waals surface area contributed by atoms with Crippen LogP contribution in [0.1, 0.15) is 75.1 Å². The van der Waals surface area contributed by atoms with Crippen molar-refractivity contribution < 1.29 is 4.79 Å². The lowest BCUT2D eigenvalue weighted by atomic mass is 9.53. The lowest BCUT2D eigenvalue weighted by molar-refractivity contribution is -0.126. The van der Waals surface area contributed by atoms with Crippen LogP contribution in [0.4, 0.5) is 0 Å². The molecule has 2 aromatic rings. The number of rotatable bonds is 8. The van der Waals surface area contributed by atoms with Gasteiger partial charge in [0, 0.05) is 17.6 Å². The van der Waals surface area contributed by atoms with Gasteiger partial charge in [-0.2, -0.15) is 0 Å². The number of carbonyl (C=O) groups excluding carboxylic acids is 1. The monoisotopic (exact) mass is 430 g/mol. The largest absolute Gasteiger partial charge is 0.350 e. The van der Waals surface area contributed by atoms with Crippen molar-refractivity contribution >= 4 is 5.91 Å². The molecule has 0 aliphatic heterocycles. The zero-order chi connectivity index (χ0) is 22.1. The van der Waals surface area contributed by atoms with E-state index in [0.717, 1.165) is 29.7 Å². The SMILES string of the molecule is C[C@H](Cc1cccc(CC(=O)NC23CC4CC(CC(C4)C2)C3)c1)N[C@H](C)c1ccccc1. The van der Waals surface area contributed by atoms with Crippen molar-refractivity contribution in [1.82, 2.24) is 10.6 Å². The van der Waals surface area contributed by atoms with Gasteiger partial charge in [-0.05, 0) is 93.2 Å². The Morgan fingerprint density at radius 2 is 1.53 bits per heavy atom. The number of benzene rings is 2. The third-order valence-electron chi connectivity index (χ3n) is 8.17. The van der Waals surface area contributed by atoms with Gasteiger partial charge in [0.25, 0.3) is 0 Å². The van der Waals surface area contributed by atoms with E-state index in [1.165, 1.54) is 49.7 Å². The highest BCUT2D eigenvalue weighted by Crippen LogP contribution is 2.55. The summed E-state index contributed by atoms with van der Waals surface area (Å²) in [6, 6.07) is 19.9. The predicted octanol–water partition coefficient (Wildman–Crippen LogP) is 5.60. The second-order valence-electron chi connectivity index (χ2n) is 11.1. The van der Waals surface area contributed by atoms with Gasteiger partial charge in [0.1, 0.15) is 0 Å². The second kappa shape index (κ2) is 9.02. The van der Waals surface area contributed by atoms with Crippen molar-refractivity contribution in [3.8, 4) is 0 Å². The van der Waals surface area contributed by atoms with Crippen molar-refractivity contribution in [2.75, 3.05) is 0 Å². The molecule has 0 unspecified atom stereocenters. The molecule has 6 rings (SSSR count). The first kappa shape index (κ1) is 21.7. The van der Waals surface area contributed by atoms with Crippen LogP contribution >= 0.6 is 0 Å². The molecule has 0 saturated heterocycles. The standard InChI is InChI=1S/C29H38N2O/c1-20(30-21(2)27-9-4-3-5-10-27)11-22-7-6-8-23(12-22)16-28(32)31-29-17-24-13-25(18-29)15-26(14-24)19-29/h3-10,12,20-21,24-26,30H,11,13-19H2,1-2H3,(H,31,32)/t20-,21-,24?,25?,26?,29?/m1/s1. The van der Waals surface area contributed by atoms with Crippen molar-refractivity contribution in [1.29, 1.82) is 0 Å². The number of carbonyl (C=O) groups is 1. The molecule has 2 aromatic carbocycles. The summed E-state index contributed by atoms with van der Waals surface area (Å²) in [7, 11) is 0. The van der Waals surface area contributed by atoms with Gasteiger partial charge in [-0.25, -0.2) is 0 Å². The van der Waals surface area contributed by atoms with Crippen LogP contribution in [0.3, 0.4) is 0 Å². The maximum Gasteiger partial charge on any atom is 0.224 e. The zero-order valence-electron chi connectivity index (χ0n) is 19.6. The van der Waals surface area contributed by atoms with Crippen LogP contribution in [0.15, 0.2) is 54.6 Å². The molecule has 4 fully saturated rings. The Morgan fingerprint density at radius 3 is 2.19 bits per heavy atom. The number of hydrogen-bond donors (Lipinski definition) is 2. The van der Waals surface area contributed by atoms with Crippen molar-refractivity contribution in [2.24, 2.45) is 17.8 Å². The lowest BCUT2D eigenvalue weighted by Crippen LogP contribution is -2.60. The molecule has 4 saturated carbocycles. The van der Waals surface area contributed by atoms with Crippen molar-refractivity contribution in [3.63, 3.8) is 0 Å². The molecule has 0 heterocycles. The highest BCUT2D eigenvalue weighted by atomic mass is 16.1. The molecule has 4 aliphatic rings. The van der Waals surface area contributed by atoms with E-state index in [0.29, 0.717) is 18.5 Å². The minimum absolute atomic E-state index is 0.107. The highest BCUT2D eigenvalue weighted by molar-refractivity contribution is 5.79. The fourth-order valence-corrected chi connectivity index (χ4v) is 7.33. The summed E-state index contributed by atoms with van der Waals surface area (Å²) in [5, 5.41) is 7.24. The Morgan fingerprint density at radius 1 is 0.906 bits per heavy atom. The summed E-state index contributed by atoms with van der Waals surface area (Å²) < 4.78 is 0. The fraction of sp³-hybridized carbons (Fsp3) is 0.552. The normalized spacial score (nSPS) is 30.1. The molecule has 1 amide bonds. The van der Waals surface area contributed by atoms with Crippen molar-refractivity contribution in [2.45, 2.75) is 82.8 Å². The van der Waals surface area contributed by atoms with E-state index in [9.17, 15) is 4.79 Å². The smallest absolute Gasteiger partial charge is 0.224 e. The summed E-state index contributed by atoms with van der Waals surface area (Å²) in [6.45, 7) is 4.46. The minimum atomic E-state index is 0.107. The first-order valence-electron chi connectivity index (χ1n) is 12.7. The maximum absolute atomic E-state index is 13.0. The zero-order valence-corrected chi connectivity index (χ0v) is 19.6. The Kier molecular flexibility index (Phi) is 6.11. The van der Waals surface area contributed by atoms with E-state index in [1.54, 1.807) is 0 Å².